The maximum absolute atomic E-state index is 12.2. The predicted octanol–water partition coefficient (Wildman–Crippen LogP) is 2.18. The maximum Gasteiger partial charge on any atom is 0.338 e. The number of esters is 2. The van der Waals surface area contributed by atoms with Gasteiger partial charge in [-0.2, -0.15) is 0 Å². The Hall–Kier alpha value is -2.78. The summed E-state index contributed by atoms with van der Waals surface area (Å²) >= 11 is 0. The Kier molecular flexibility index (Phi) is 6.70. The molecule has 2 fully saturated rings. The lowest BCUT2D eigenvalue weighted by Crippen LogP contribution is -2.59. The van der Waals surface area contributed by atoms with Gasteiger partial charge in [0.05, 0.1) is 11.1 Å². The Morgan fingerprint density at radius 2 is 1.07 bits per heavy atom. The first kappa shape index (κ1) is 20.5. The number of benzene rings is 2. The highest BCUT2D eigenvalue weighted by Crippen LogP contribution is 2.26. The van der Waals surface area contributed by atoms with Gasteiger partial charge in [0.25, 0.3) is 0 Å². The summed E-state index contributed by atoms with van der Waals surface area (Å²) in [5.41, 5.74) is 0.916. The third kappa shape index (κ3) is 4.85. The van der Waals surface area contributed by atoms with E-state index in [0.717, 1.165) is 0 Å². The van der Waals surface area contributed by atoms with E-state index in [1.165, 1.54) is 0 Å². The number of rotatable bonds is 6. The molecule has 2 heterocycles. The minimum absolute atomic E-state index is 0.00871. The van der Waals surface area contributed by atoms with E-state index in [9.17, 15) is 9.59 Å². The average Bonchev–Trinajstić information content (AvgIpc) is 2.82. The van der Waals surface area contributed by atoms with Gasteiger partial charge in [0.1, 0.15) is 51.2 Å². The van der Waals surface area contributed by atoms with Crippen molar-refractivity contribution in [1.82, 2.24) is 0 Å². The Morgan fingerprint density at radius 3 is 1.47 bits per heavy atom. The van der Waals surface area contributed by atoms with Gasteiger partial charge in [-0.25, -0.2) is 9.59 Å². The Balaban J connectivity index is 1.32. The molecule has 2 aromatic rings. The summed E-state index contributed by atoms with van der Waals surface area (Å²) in [6.07, 6.45) is -2.08. The fourth-order valence-corrected chi connectivity index (χ4v) is 3.34. The molecule has 8 nitrogen and oxygen atoms in total. The SMILES string of the molecule is O=C(OC[C@@H]1OCO[C@H]2[C@H]1OCO[C@H]2COC(=O)c1ccccc1)c1ccccc1. The summed E-state index contributed by atoms with van der Waals surface area (Å²) in [6.45, 7) is -0.00129. The lowest BCUT2D eigenvalue weighted by molar-refractivity contribution is -0.328. The fourth-order valence-electron chi connectivity index (χ4n) is 3.34. The van der Waals surface area contributed by atoms with E-state index in [0.29, 0.717) is 11.1 Å². The van der Waals surface area contributed by atoms with Gasteiger partial charge >= 0.3 is 11.9 Å². The molecule has 4 atom stereocenters. The summed E-state index contributed by atoms with van der Waals surface area (Å²) in [5, 5.41) is 0. The van der Waals surface area contributed by atoms with Gasteiger partial charge in [-0.1, -0.05) is 36.4 Å². The Bertz CT molecular complexity index is 769. The predicted molar refractivity (Wildman–Crippen MR) is 103 cm³/mol. The number of carbonyl (C=O) groups is 2. The van der Waals surface area contributed by atoms with Crippen LogP contribution in [0.2, 0.25) is 0 Å². The van der Waals surface area contributed by atoms with Crippen molar-refractivity contribution in [2.24, 2.45) is 0 Å². The molecule has 0 saturated carbocycles. The third-order valence-electron chi connectivity index (χ3n) is 4.92. The van der Waals surface area contributed by atoms with E-state index in [2.05, 4.69) is 0 Å². The molecule has 0 aliphatic carbocycles. The third-order valence-corrected chi connectivity index (χ3v) is 4.92. The molecule has 0 bridgehead atoms. The van der Waals surface area contributed by atoms with Gasteiger partial charge < -0.3 is 28.4 Å². The van der Waals surface area contributed by atoms with Gasteiger partial charge in [-0.3, -0.25) is 0 Å². The highest BCUT2D eigenvalue weighted by atomic mass is 16.8. The summed E-state index contributed by atoms with van der Waals surface area (Å²) in [5.74, 6) is -0.884. The molecule has 0 unspecified atom stereocenters. The summed E-state index contributed by atoms with van der Waals surface area (Å²) in [7, 11) is 0. The van der Waals surface area contributed by atoms with Crippen LogP contribution in [0.1, 0.15) is 20.7 Å². The first-order valence-corrected chi connectivity index (χ1v) is 9.63. The Labute approximate surface area is 173 Å². The van der Waals surface area contributed by atoms with Gasteiger partial charge in [-0.15, -0.1) is 0 Å². The summed E-state index contributed by atoms with van der Waals surface area (Å²) in [4.78, 5) is 24.4. The minimum Gasteiger partial charge on any atom is -0.459 e. The van der Waals surface area contributed by atoms with Gasteiger partial charge in [-0.05, 0) is 24.3 Å². The molecule has 0 amide bonds. The second-order valence-electron chi connectivity index (χ2n) is 6.84. The van der Waals surface area contributed by atoms with Crippen molar-refractivity contribution in [2.45, 2.75) is 24.4 Å². The highest BCUT2D eigenvalue weighted by Gasteiger charge is 2.45. The van der Waals surface area contributed by atoms with Crippen LogP contribution in [-0.4, -0.2) is 63.2 Å². The number of hydrogen-bond donors (Lipinski definition) is 0. The van der Waals surface area contributed by atoms with E-state index in [4.69, 9.17) is 28.4 Å². The van der Waals surface area contributed by atoms with Crippen molar-refractivity contribution in [3.05, 3.63) is 71.8 Å². The summed E-state index contributed by atoms with van der Waals surface area (Å²) < 4.78 is 33.2. The fraction of sp³-hybridized carbons (Fsp3) is 0.364. The topological polar surface area (TPSA) is 89.5 Å². The second kappa shape index (κ2) is 9.82. The van der Waals surface area contributed by atoms with E-state index < -0.39 is 36.4 Å². The Morgan fingerprint density at radius 1 is 0.667 bits per heavy atom. The number of ether oxygens (including phenoxy) is 6. The number of fused-ring (bicyclic) bond motifs is 1. The molecule has 2 aliphatic rings. The molecular weight excluding hydrogens is 392 g/mol. The average molecular weight is 414 g/mol. The van der Waals surface area contributed by atoms with Crippen LogP contribution < -0.4 is 0 Å². The van der Waals surface area contributed by atoms with Crippen LogP contribution in [0.4, 0.5) is 0 Å². The van der Waals surface area contributed by atoms with Crippen molar-refractivity contribution < 1.29 is 38.0 Å². The molecule has 0 radical (unpaired) electrons. The van der Waals surface area contributed by atoms with Gasteiger partial charge in [0.2, 0.25) is 0 Å². The van der Waals surface area contributed by atoms with E-state index in [-0.39, 0.29) is 26.8 Å². The lowest BCUT2D eigenvalue weighted by Gasteiger charge is -2.43. The van der Waals surface area contributed by atoms with Crippen LogP contribution in [0.25, 0.3) is 0 Å². The first-order chi connectivity index (χ1) is 14.7. The molecule has 0 aromatic heterocycles. The minimum atomic E-state index is -0.521. The van der Waals surface area contributed by atoms with Crippen molar-refractivity contribution in [3.8, 4) is 0 Å². The molecule has 2 saturated heterocycles. The monoisotopic (exact) mass is 414 g/mol. The van der Waals surface area contributed by atoms with E-state index in [1.807, 2.05) is 12.1 Å². The van der Waals surface area contributed by atoms with Crippen LogP contribution in [0, 0.1) is 0 Å². The highest BCUT2D eigenvalue weighted by molar-refractivity contribution is 5.89. The van der Waals surface area contributed by atoms with Crippen LogP contribution in [-0.2, 0) is 28.4 Å². The van der Waals surface area contributed by atoms with Crippen molar-refractivity contribution in [1.29, 1.82) is 0 Å². The molecule has 4 rings (SSSR count). The molecular formula is C22H22O8. The van der Waals surface area contributed by atoms with E-state index >= 15 is 0 Å². The molecule has 0 N–H and O–H groups in total. The second-order valence-corrected chi connectivity index (χ2v) is 6.84. The van der Waals surface area contributed by atoms with Crippen LogP contribution in [0.15, 0.2) is 60.7 Å². The van der Waals surface area contributed by atoms with Crippen molar-refractivity contribution in [2.75, 3.05) is 26.8 Å². The van der Waals surface area contributed by atoms with Gasteiger partial charge in [0.15, 0.2) is 0 Å². The van der Waals surface area contributed by atoms with Gasteiger partial charge in [0, 0.05) is 0 Å². The molecule has 30 heavy (non-hydrogen) atoms. The molecule has 2 aromatic carbocycles. The zero-order valence-electron chi connectivity index (χ0n) is 16.2. The van der Waals surface area contributed by atoms with E-state index in [1.54, 1.807) is 48.5 Å². The first-order valence-electron chi connectivity index (χ1n) is 9.63. The molecule has 0 spiro atoms. The zero-order valence-corrected chi connectivity index (χ0v) is 16.2. The van der Waals surface area contributed by atoms with Crippen molar-refractivity contribution in [3.63, 3.8) is 0 Å². The smallest absolute Gasteiger partial charge is 0.338 e. The molecule has 2 aliphatic heterocycles. The normalized spacial score (nSPS) is 25.7. The molecule has 158 valence electrons. The number of carbonyl (C=O) groups excluding carboxylic acids is 2. The number of hydrogen-bond acceptors (Lipinski definition) is 8. The van der Waals surface area contributed by atoms with Crippen LogP contribution in [0.3, 0.4) is 0 Å². The quantitative estimate of drug-likeness (QED) is 0.665. The zero-order chi connectivity index (χ0) is 20.8. The van der Waals surface area contributed by atoms with Crippen LogP contribution >= 0.6 is 0 Å². The summed E-state index contributed by atoms with van der Waals surface area (Å²) in [6, 6.07) is 17.4. The lowest BCUT2D eigenvalue weighted by atomic mass is 10.0. The standard InChI is InChI=1S/C22H22O8/c23-21(15-7-3-1-4-8-15)25-11-17-19-20(30-13-27-17)18(28-14-29-19)12-26-22(24)16-9-5-2-6-10-16/h1-10,17-20H,11-14H2/t17-,18-,19-,20+/m0/s1. The maximum atomic E-state index is 12.2. The largest absolute Gasteiger partial charge is 0.459 e. The molecule has 8 heteroatoms. The van der Waals surface area contributed by atoms with Crippen LogP contribution in [0.5, 0.6) is 0 Å². The van der Waals surface area contributed by atoms with Crippen molar-refractivity contribution >= 4 is 11.9 Å².